The van der Waals surface area contributed by atoms with E-state index in [4.69, 9.17) is 16.6 Å². The molecule has 0 bridgehead atoms. The molecule has 2 heterocycles. The first-order valence-electron chi connectivity index (χ1n) is 15.3. The number of aryl methyl sites for hydroxylation is 1. The van der Waals surface area contributed by atoms with E-state index in [1.54, 1.807) is 11.3 Å². The van der Waals surface area contributed by atoms with E-state index in [1.165, 1.54) is 4.88 Å². The molecule has 0 saturated carbocycles. The van der Waals surface area contributed by atoms with Gasteiger partial charge in [0.25, 0.3) is 5.91 Å². The summed E-state index contributed by atoms with van der Waals surface area (Å²) in [6.45, 7) is 0.482. The van der Waals surface area contributed by atoms with Gasteiger partial charge in [-0.15, -0.1) is 11.3 Å². The van der Waals surface area contributed by atoms with Crippen molar-refractivity contribution in [1.29, 1.82) is 0 Å². The maximum absolute atomic E-state index is 13.7. The molecule has 6 heteroatoms. The number of hydrogen-bond donors (Lipinski definition) is 1. The van der Waals surface area contributed by atoms with Gasteiger partial charge in [0.2, 0.25) is 0 Å². The Hall–Kier alpha value is -4.71. The molecule has 45 heavy (non-hydrogen) atoms. The third-order valence-corrected chi connectivity index (χ3v) is 9.68. The number of aromatic nitrogens is 1. The largest absolute Gasteiger partial charge is 0.348 e. The molecule has 0 fully saturated rings. The van der Waals surface area contributed by atoms with E-state index in [9.17, 15) is 4.79 Å². The molecule has 0 unspecified atom stereocenters. The summed E-state index contributed by atoms with van der Waals surface area (Å²) in [6.07, 6.45) is 6.08. The van der Waals surface area contributed by atoms with E-state index in [0.717, 1.165) is 81.1 Å². The first-order valence-corrected chi connectivity index (χ1v) is 16.5. The minimum Gasteiger partial charge on any atom is -0.348 e. The summed E-state index contributed by atoms with van der Waals surface area (Å²) < 4.78 is 2.27. The highest BCUT2D eigenvalue weighted by atomic mass is 35.5. The fraction of sp³-hybridized carbons (Fsp3) is 0.128. The number of nitrogens with one attached hydrogen (secondary N) is 1. The summed E-state index contributed by atoms with van der Waals surface area (Å²) >= 11 is 7.97. The van der Waals surface area contributed by atoms with E-state index < -0.39 is 0 Å². The van der Waals surface area contributed by atoms with Crippen LogP contribution in [0.3, 0.4) is 0 Å². The van der Waals surface area contributed by atoms with Gasteiger partial charge < -0.3 is 9.88 Å². The lowest BCUT2D eigenvalue weighted by molar-refractivity contribution is 0.0951. The van der Waals surface area contributed by atoms with Crippen LogP contribution in [-0.4, -0.2) is 16.7 Å². The number of carbonyl (C=O) groups is 1. The molecule has 0 atom stereocenters. The average molecular weight is 626 g/mol. The minimum absolute atomic E-state index is 0.0580. The van der Waals surface area contributed by atoms with Gasteiger partial charge in [-0.3, -0.25) is 4.79 Å². The maximum atomic E-state index is 13.7. The van der Waals surface area contributed by atoms with Gasteiger partial charge in [-0.2, -0.15) is 0 Å². The molecule has 0 saturated heterocycles. The molecule has 0 spiro atoms. The molecule has 4 nitrogen and oxygen atoms in total. The van der Waals surface area contributed by atoms with Crippen molar-refractivity contribution in [1.82, 2.24) is 9.88 Å². The predicted molar refractivity (Wildman–Crippen MR) is 187 cm³/mol. The van der Waals surface area contributed by atoms with Gasteiger partial charge in [-0.05, 0) is 78.3 Å². The van der Waals surface area contributed by atoms with E-state index in [1.807, 2.05) is 72.9 Å². The molecule has 1 aliphatic rings. The van der Waals surface area contributed by atoms with Crippen LogP contribution < -0.4 is 5.32 Å². The number of halogens is 1. The lowest BCUT2D eigenvalue weighted by Crippen LogP contribution is -2.24. The Bertz CT molecular complexity index is 1960. The highest BCUT2D eigenvalue weighted by molar-refractivity contribution is 7.16. The average Bonchev–Trinajstić information content (AvgIpc) is 3.66. The van der Waals surface area contributed by atoms with E-state index in [0.29, 0.717) is 11.6 Å². The van der Waals surface area contributed by atoms with Crippen LogP contribution in [0.2, 0.25) is 5.02 Å². The SMILES string of the molecule is O=C(NCc1ccccc1)c1c(N=Cc2cc(-c3ccccc3)n(-c3ccc(Cl)cc3)c2-c2ccccc2)sc2c1CCCC2. The number of fused-ring (bicyclic) bond motifs is 1. The second-order valence-corrected chi connectivity index (χ2v) is 12.7. The van der Waals surface area contributed by atoms with Crippen LogP contribution in [0.4, 0.5) is 5.00 Å². The van der Waals surface area contributed by atoms with E-state index >= 15 is 0 Å². The molecule has 1 aliphatic carbocycles. The van der Waals surface area contributed by atoms with Crippen LogP contribution in [0.1, 0.15) is 44.8 Å². The molecule has 1 N–H and O–H groups in total. The van der Waals surface area contributed by atoms with Crippen molar-refractivity contribution in [2.24, 2.45) is 4.99 Å². The minimum atomic E-state index is -0.0580. The highest BCUT2D eigenvalue weighted by Gasteiger charge is 2.26. The Morgan fingerprint density at radius 2 is 1.47 bits per heavy atom. The molecule has 4 aromatic carbocycles. The molecular formula is C39H32ClN3OS. The van der Waals surface area contributed by atoms with Gasteiger partial charge in [-0.1, -0.05) is 103 Å². The fourth-order valence-electron chi connectivity index (χ4n) is 6.07. The zero-order chi connectivity index (χ0) is 30.6. The number of carbonyl (C=O) groups excluding carboxylic acids is 1. The Labute approximate surface area is 272 Å². The smallest absolute Gasteiger partial charge is 0.254 e. The van der Waals surface area contributed by atoms with E-state index in [2.05, 4.69) is 64.5 Å². The summed E-state index contributed by atoms with van der Waals surface area (Å²) in [7, 11) is 0. The highest BCUT2D eigenvalue weighted by Crippen LogP contribution is 2.41. The summed E-state index contributed by atoms with van der Waals surface area (Å²) in [4.78, 5) is 20.1. The van der Waals surface area contributed by atoms with Gasteiger partial charge in [0.05, 0.1) is 17.0 Å². The van der Waals surface area contributed by atoms with Crippen LogP contribution in [0.15, 0.2) is 126 Å². The van der Waals surface area contributed by atoms with E-state index in [-0.39, 0.29) is 5.91 Å². The predicted octanol–water partition coefficient (Wildman–Crippen LogP) is 10.1. The van der Waals surface area contributed by atoms with Crippen molar-refractivity contribution in [3.63, 3.8) is 0 Å². The number of aliphatic imine (C=N–C) groups is 1. The van der Waals surface area contributed by atoms with Crippen LogP contribution in [0, 0.1) is 0 Å². The van der Waals surface area contributed by atoms with Crippen LogP contribution in [0.5, 0.6) is 0 Å². The third-order valence-electron chi connectivity index (χ3n) is 8.23. The normalized spacial score (nSPS) is 12.7. The number of benzene rings is 4. The summed E-state index contributed by atoms with van der Waals surface area (Å²) in [5.41, 5.74) is 9.17. The van der Waals surface area contributed by atoms with Gasteiger partial charge in [-0.25, -0.2) is 4.99 Å². The van der Waals surface area contributed by atoms with Crippen molar-refractivity contribution in [3.05, 3.63) is 153 Å². The molecule has 222 valence electrons. The van der Waals surface area contributed by atoms with Crippen molar-refractivity contribution < 1.29 is 4.79 Å². The first-order chi connectivity index (χ1) is 22.2. The quantitative estimate of drug-likeness (QED) is 0.168. The lowest BCUT2D eigenvalue weighted by Gasteiger charge is -2.15. The van der Waals surface area contributed by atoms with Crippen molar-refractivity contribution in [3.8, 4) is 28.2 Å². The Morgan fingerprint density at radius 1 is 0.822 bits per heavy atom. The lowest BCUT2D eigenvalue weighted by atomic mass is 9.95. The number of nitrogens with zero attached hydrogens (tertiary/aromatic N) is 2. The second kappa shape index (κ2) is 13.1. The Kier molecular flexibility index (Phi) is 8.46. The topological polar surface area (TPSA) is 46.4 Å². The summed E-state index contributed by atoms with van der Waals surface area (Å²) in [6, 6.07) is 40.9. The molecule has 6 aromatic rings. The summed E-state index contributed by atoms with van der Waals surface area (Å²) in [5.74, 6) is -0.0580. The second-order valence-electron chi connectivity index (χ2n) is 11.2. The van der Waals surface area contributed by atoms with Gasteiger partial charge in [0, 0.05) is 33.9 Å². The van der Waals surface area contributed by atoms with Crippen LogP contribution in [0.25, 0.3) is 28.2 Å². The molecule has 0 radical (unpaired) electrons. The standard InChI is InChI=1S/C39H32ClN3OS/c40-31-20-22-32(23-21-31)43-34(28-14-6-2-7-15-28)24-30(37(43)29-16-8-3-9-17-29)26-42-39-36(33-18-10-11-19-35(33)45-39)38(44)41-25-27-12-4-1-5-13-27/h1-9,12-17,20-24,26H,10-11,18-19,25H2,(H,41,44). The summed E-state index contributed by atoms with van der Waals surface area (Å²) in [5, 5.41) is 4.63. The van der Waals surface area contributed by atoms with Crippen LogP contribution in [-0.2, 0) is 19.4 Å². The third kappa shape index (κ3) is 6.15. The monoisotopic (exact) mass is 625 g/mol. The van der Waals surface area contributed by atoms with Gasteiger partial charge in [0.15, 0.2) is 0 Å². The molecule has 0 aliphatic heterocycles. The first kappa shape index (κ1) is 29.0. The molecular weight excluding hydrogens is 594 g/mol. The number of hydrogen-bond acceptors (Lipinski definition) is 3. The molecule has 2 aromatic heterocycles. The van der Waals surface area contributed by atoms with Crippen molar-refractivity contribution in [2.45, 2.75) is 32.2 Å². The van der Waals surface area contributed by atoms with Crippen molar-refractivity contribution >= 4 is 40.1 Å². The Morgan fingerprint density at radius 3 is 2.18 bits per heavy atom. The number of thiophene rings is 1. The van der Waals surface area contributed by atoms with Crippen molar-refractivity contribution in [2.75, 3.05) is 0 Å². The zero-order valence-corrected chi connectivity index (χ0v) is 26.3. The van der Waals surface area contributed by atoms with Gasteiger partial charge >= 0.3 is 0 Å². The zero-order valence-electron chi connectivity index (χ0n) is 24.7. The van der Waals surface area contributed by atoms with Crippen LogP contribution >= 0.6 is 22.9 Å². The maximum Gasteiger partial charge on any atom is 0.254 e. The molecule has 7 rings (SSSR count). The number of amides is 1. The molecule has 1 amide bonds. The fourth-order valence-corrected chi connectivity index (χ4v) is 7.43. The number of rotatable bonds is 8. The Balaban J connectivity index is 1.35. The van der Waals surface area contributed by atoms with Gasteiger partial charge in [0.1, 0.15) is 5.00 Å².